The number of rotatable bonds is 7. The van der Waals surface area contributed by atoms with Gasteiger partial charge in [-0.1, -0.05) is 11.6 Å². The van der Waals surface area contributed by atoms with Crippen LogP contribution < -0.4 is 20.9 Å². The summed E-state index contributed by atoms with van der Waals surface area (Å²) in [5.74, 6) is 1.59. The Morgan fingerprint density at radius 1 is 1.33 bits per heavy atom. The maximum atomic E-state index is 12.7. The van der Waals surface area contributed by atoms with Gasteiger partial charge in [0.1, 0.15) is 11.6 Å². The van der Waals surface area contributed by atoms with Crippen LogP contribution in [-0.2, 0) is 4.79 Å². The lowest BCUT2D eigenvalue weighted by Crippen LogP contribution is -2.20. The van der Waals surface area contributed by atoms with Crippen LogP contribution in [0.5, 0.6) is 5.75 Å². The molecule has 0 aliphatic heterocycles. The first kappa shape index (κ1) is 20.2. The SMILES string of the molecule is CC(=O)Nc1ccnc(NC(C)c2cc3cc(Cl)c(OCC4CC4)cc3[nH]c2=O)c1. The Kier molecular flexibility index (Phi) is 5.63. The molecule has 8 heteroatoms. The van der Waals surface area contributed by atoms with E-state index in [1.165, 1.54) is 19.8 Å². The molecule has 0 spiro atoms. The zero-order valence-electron chi connectivity index (χ0n) is 16.8. The predicted octanol–water partition coefficient (Wildman–Crippen LogP) is 4.50. The van der Waals surface area contributed by atoms with Crippen LogP contribution in [-0.4, -0.2) is 22.5 Å². The number of carbonyl (C=O) groups is 1. The number of benzene rings is 1. The van der Waals surface area contributed by atoms with Crippen molar-refractivity contribution in [2.24, 2.45) is 5.92 Å². The number of carbonyl (C=O) groups excluding carboxylic acids is 1. The Morgan fingerprint density at radius 3 is 2.87 bits per heavy atom. The number of amides is 1. The van der Waals surface area contributed by atoms with Crippen molar-refractivity contribution in [3.8, 4) is 5.75 Å². The highest BCUT2D eigenvalue weighted by atomic mass is 35.5. The number of halogens is 1. The average molecular weight is 427 g/mol. The number of aromatic amines is 1. The van der Waals surface area contributed by atoms with E-state index in [2.05, 4.69) is 20.6 Å². The molecular formula is C22H23ClN4O3. The van der Waals surface area contributed by atoms with Crippen LogP contribution in [0.3, 0.4) is 0 Å². The number of anilines is 2. The van der Waals surface area contributed by atoms with Gasteiger partial charge in [0.25, 0.3) is 5.56 Å². The van der Waals surface area contributed by atoms with E-state index in [-0.39, 0.29) is 17.5 Å². The number of pyridine rings is 2. The second-order valence-electron chi connectivity index (χ2n) is 7.66. The van der Waals surface area contributed by atoms with E-state index in [9.17, 15) is 9.59 Å². The van der Waals surface area contributed by atoms with Gasteiger partial charge in [-0.25, -0.2) is 4.98 Å². The van der Waals surface area contributed by atoms with Gasteiger partial charge in [-0.05, 0) is 43.9 Å². The summed E-state index contributed by atoms with van der Waals surface area (Å²) < 4.78 is 5.80. The van der Waals surface area contributed by atoms with Crippen molar-refractivity contribution in [1.82, 2.24) is 9.97 Å². The minimum absolute atomic E-state index is 0.163. The molecule has 3 aromatic rings. The molecular weight excluding hydrogens is 404 g/mol. The number of aromatic nitrogens is 2. The molecule has 1 unspecified atom stereocenters. The van der Waals surface area contributed by atoms with Crippen molar-refractivity contribution in [1.29, 1.82) is 0 Å². The molecule has 1 aliphatic carbocycles. The molecule has 1 aromatic carbocycles. The first-order valence-corrected chi connectivity index (χ1v) is 10.3. The van der Waals surface area contributed by atoms with Crippen LogP contribution >= 0.6 is 11.6 Å². The summed E-state index contributed by atoms with van der Waals surface area (Å²) >= 11 is 6.39. The van der Waals surface area contributed by atoms with Gasteiger partial charge in [0.2, 0.25) is 5.91 Å². The molecule has 0 radical (unpaired) electrons. The minimum atomic E-state index is -0.317. The second-order valence-corrected chi connectivity index (χ2v) is 8.06. The molecule has 4 rings (SSSR count). The highest BCUT2D eigenvalue weighted by Gasteiger charge is 2.22. The van der Waals surface area contributed by atoms with Crippen molar-refractivity contribution < 1.29 is 9.53 Å². The van der Waals surface area contributed by atoms with Gasteiger partial charge in [-0.2, -0.15) is 0 Å². The molecule has 1 fully saturated rings. The standard InChI is InChI=1S/C22H23ClN4O3/c1-12(25-21-9-16(5-6-24-21)26-13(2)28)17-7-15-8-18(23)20(30-11-14-3-4-14)10-19(15)27-22(17)29/h5-10,12,14H,3-4,11H2,1-2H3,(H,27,29)(H2,24,25,26,28). The Morgan fingerprint density at radius 2 is 2.13 bits per heavy atom. The molecule has 1 atom stereocenters. The van der Waals surface area contributed by atoms with E-state index in [0.717, 1.165) is 5.39 Å². The smallest absolute Gasteiger partial charge is 0.253 e. The fourth-order valence-corrected chi connectivity index (χ4v) is 3.47. The van der Waals surface area contributed by atoms with Gasteiger partial charge < -0.3 is 20.4 Å². The van der Waals surface area contributed by atoms with Crippen molar-refractivity contribution in [2.45, 2.75) is 32.7 Å². The summed E-state index contributed by atoms with van der Waals surface area (Å²) in [5.41, 5.74) is 1.66. The second kappa shape index (κ2) is 8.36. The minimum Gasteiger partial charge on any atom is -0.492 e. The van der Waals surface area contributed by atoms with Gasteiger partial charge >= 0.3 is 0 Å². The quantitative estimate of drug-likeness (QED) is 0.517. The molecule has 2 aromatic heterocycles. The van der Waals surface area contributed by atoms with Crippen LogP contribution in [0.15, 0.2) is 41.3 Å². The molecule has 3 N–H and O–H groups in total. The number of fused-ring (bicyclic) bond motifs is 1. The molecule has 156 valence electrons. The molecule has 2 heterocycles. The van der Waals surface area contributed by atoms with E-state index in [1.807, 2.05) is 13.0 Å². The fraction of sp³-hybridized carbons (Fsp3) is 0.318. The molecule has 1 saturated carbocycles. The van der Waals surface area contributed by atoms with E-state index in [1.54, 1.807) is 30.5 Å². The summed E-state index contributed by atoms with van der Waals surface area (Å²) in [6.45, 7) is 3.97. The van der Waals surface area contributed by atoms with Crippen LogP contribution in [0.1, 0.15) is 38.3 Å². The zero-order valence-corrected chi connectivity index (χ0v) is 17.5. The number of H-pyrrole nitrogens is 1. The highest BCUT2D eigenvalue weighted by Crippen LogP contribution is 2.34. The van der Waals surface area contributed by atoms with Crippen LogP contribution in [0.2, 0.25) is 5.02 Å². The molecule has 1 aliphatic rings. The number of nitrogens with zero attached hydrogens (tertiary/aromatic N) is 1. The van der Waals surface area contributed by atoms with Gasteiger partial charge in [0.05, 0.1) is 23.2 Å². The fourth-order valence-electron chi connectivity index (χ4n) is 3.24. The van der Waals surface area contributed by atoms with Crippen molar-refractivity contribution in [2.75, 3.05) is 17.2 Å². The number of nitrogens with one attached hydrogen (secondary N) is 3. The van der Waals surface area contributed by atoms with Gasteiger partial charge in [-0.15, -0.1) is 0 Å². The van der Waals surface area contributed by atoms with Crippen molar-refractivity contribution in [3.63, 3.8) is 0 Å². The molecule has 0 saturated heterocycles. The molecule has 30 heavy (non-hydrogen) atoms. The summed E-state index contributed by atoms with van der Waals surface area (Å²) in [6, 6.07) is 8.50. The first-order valence-electron chi connectivity index (χ1n) is 9.88. The van der Waals surface area contributed by atoms with Crippen molar-refractivity contribution >= 4 is 39.9 Å². The Balaban J connectivity index is 1.57. The summed E-state index contributed by atoms with van der Waals surface area (Å²) in [5, 5.41) is 7.26. The Labute approximate surface area is 178 Å². The summed E-state index contributed by atoms with van der Waals surface area (Å²) in [4.78, 5) is 31.1. The number of ether oxygens (including phenoxy) is 1. The third-order valence-electron chi connectivity index (χ3n) is 5.01. The van der Waals surface area contributed by atoms with E-state index in [0.29, 0.717) is 45.9 Å². The largest absolute Gasteiger partial charge is 0.492 e. The van der Waals surface area contributed by atoms with Crippen LogP contribution in [0.4, 0.5) is 11.5 Å². The Hall–Kier alpha value is -3.06. The van der Waals surface area contributed by atoms with E-state index in [4.69, 9.17) is 16.3 Å². The first-order chi connectivity index (χ1) is 14.4. The lowest BCUT2D eigenvalue weighted by Gasteiger charge is -2.16. The lowest BCUT2D eigenvalue weighted by atomic mass is 10.1. The maximum absolute atomic E-state index is 12.7. The van der Waals surface area contributed by atoms with E-state index < -0.39 is 0 Å². The molecule has 1 amide bonds. The normalized spacial score (nSPS) is 14.4. The zero-order chi connectivity index (χ0) is 21.3. The average Bonchev–Trinajstić information content (AvgIpc) is 3.50. The Bertz CT molecular complexity index is 1160. The van der Waals surface area contributed by atoms with Crippen LogP contribution in [0.25, 0.3) is 10.9 Å². The van der Waals surface area contributed by atoms with Crippen LogP contribution in [0, 0.1) is 5.92 Å². The molecule has 0 bridgehead atoms. The third kappa shape index (κ3) is 4.74. The predicted molar refractivity (Wildman–Crippen MR) is 118 cm³/mol. The van der Waals surface area contributed by atoms with Gasteiger partial charge in [-0.3, -0.25) is 9.59 Å². The maximum Gasteiger partial charge on any atom is 0.253 e. The van der Waals surface area contributed by atoms with Gasteiger partial charge in [0, 0.05) is 41.9 Å². The highest BCUT2D eigenvalue weighted by molar-refractivity contribution is 6.32. The summed E-state index contributed by atoms with van der Waals surface area (Å²) in [6.07, 6.45) is 3.98. The summed E-state index contributed by atoms with van der Waals surface area (Å²) in [7, 11) is 0. The number of hydrogen-bond acceptors (Lipinski definition) is 5. The van der Waals surface area contributed by atoms with Crippen molar-refractivity contribution in [3.05, 3.63) is 57.5 Å². The number of hydrogen-bond donors (Lipinski definition) is 3. The van der Waals surface area contributed by atoms with E-state index >= 15 is 0 Å². The monoisotopic (exact) mass is 426 g/mol. The third-order valence-corrected chi connectivity index (χ3v) is 5.30. The van der Waals surface area contributed by atoms with Gasteiger partial charge in [0.15, 0.2) is 0 Å². The lowest BCUT2D eigenvalue weighted by molar-refractivity contribution is -0.114. The topological polar surface area (TPSA) is 96.1 Å². The molecule has 7 nitrogen and oxygen atoms in total.